The van der Waals surface area contributed by atoms with Crippen molar-refractivity contribution in [2.75, 3.05) is 36.5 Å². The van der Waals surface area contributed by atoms with Crippen molar-refractivity contribution in [1.29, 1.82) is 0 Å². The monoisotopic (exact) mass is 417 g/mol. The molecular formula is C23H20ClN5O. The van der Waals surface area contributed by atoms with Gasteiger partial charge in [0.15, 0.2) is 0 Å². The highest BCUT2D eigenvalue weighted by Gasteiger charge is 2.13. The summed E-state index contributed by atoms with van der Waals surface area (Å²) in [6.07, 6.45) is 3.62. The molecule has 0 unspecified atom stereocenters. The number of pyridine rings is 1. The molecule has 1 fully saturated rings. The summed E-state index contributed by atoms with van der Waals surface area (Å²) < 4.78 is 5.40. The van der Waals surface area contributed by atoms with Gasteiger partial charge in [-0.05, 0) is 18.2 Å². The largest absolute Gasteiger partial charge is 0.378 e. The molecular weight excluding hydrogens is 398 g/mol. The van der Waals surface area contributed by atoms with E-state index >= 15 is 0 Å². The Morgan fingerprint density at radius 1 is 0.867 bits per heavy atom. The van der Waals surface area contributed by atoms with Gasteiger partial charge in [0, 0.05) is 40.8 Å². The van der Waals surface area contributed by atoms with Crippen LogP contribution in [-0.2, 0) is 4.74 Å². The van der Waals surface area contributed by atoms with Crippen LogP contribution in [0.4, 0.5) is 17.5 Å². The molecule has 7 heteroatoms. The quantitative estimate of drug-likeness (QED) is 0.508. The van der Waals surface area contributed by atoms with Crippen LogP contribution in [0.5, 0.6) is 0 Å². The summed E-state index contributed by atoms with van der Waals surface area (Å²) >= 11 is 6.43. The second-order valence-electron chi connectivity index (χ2n) is 7.05. The summed E-state index contributed by atoms with van der Waals surface area (Å²) in [4.78, 5) is 16.0. The lowest BCUT2D eigenvalue weighted by molar-refractivity contribution is 0.122. The number of nitrogens with zero attached hydrogens (tertiary/aromatic N) is 4. The fraction of sp³-hybridized carbons (Fsp3) is 0.174. The highest BCUT2D eigenvalue weighted by molar-refractivity contribution is 6.33. The summed E-state index contributed by atoms with van der Waals surface area (Å²) in [5.74, 6) is 1.47. The number of hydrogen-bond donors (Lipinski definition) is 1. The molecule has 6 nitrogen and oxygen atoms in total. The van der Waals surface area contributed by atoms with Gasteiger partial charge in [-0.2, -0.15) is 0 Å². The second-order valence-corrected chi connectivity index (χ2v) is 7.45. The van der Waals surface area contributed by atoms with Crippen LogP contribution in [0.15, 0.2) is 67.0 Å². The van der Waals surface area contributed by atoms with Crippen LogP contribution >= 0.6 is 11.6 Å². The predicted octanol–water partition coefficient (Wildman–Crippen LogP) is 4.93. The lowest BCUT2D eigenvalue weighted by Gasteiger charge is -2.27. The molecule has 0 radical (unpaired) electrons. The molecule has 0 bridgehead atoms. The van der Waals surface area contributed by atoms with Gasteiger partial charge in [-0.3, -0.25) is 0 Å². The van der Waals surface area contributed by atoms with Gasteiger partial charge >= 0.3 is 0 Å². The molecule has 2 aromatic carbocycles. The van der Waals surface area contributed by atoms with E-state index in [0.29, 0.717) is 11.0 Å². The van der Waals surface area contributed by atoms with Gasteiger partial charge in [0.1, 0.15) is 5.82 Å². The van der Waals surface area contributed by atoms with Crippen LogP contribution in [0.25, 0.3) is 22.0 Å². The molecule has 0 aliphatic carbocycles. The highest BCUT2D eigenvalue weighted by Crippen LogP contribution is 2.32. The van der Waals surface area contributed by atoms with E-state index in [0.717, 1.165) is 59.8 Å². The Bertz CT molecular complexity index is 1180. The maximum absolute atomic E-state index is 6.43. The van der Waals surface area contributed by atoms with E-state index in [1.807, 2.05) is 60.8 Å². The van der Waals surface area contributed by atoms with Gasteiger partial charge in [-0.1, -0.05) is 48.0 Å². The van der Waals surface area contributed by atoms with Crippen LogP contribution in [0, 0.1) is 0 Å². The first-order valence-electron chi connectivity index (χ1n) is 9.84. The number of hydrogen-bond acceptors (Lipinski definition) is 6. The summed E-state index contributed by atoms with van der Waals surface area (Å²) in [6, 6.07) is 17.8. The Morgan fingerprint density at radius 2 is 1.70 bits per heavy atom. The van der Waals surface area contributed by atoms with Gasteiger partial charge < -0.3 is 15.0 Å². The molecule has 1 aliphatic heterocycles. The molecule has 2 aromatic heterocycles. The highest BCUT2D eigenvalue weighted by atomic mass is 35.5. The third kappa shape index (κ3) is 3.79. The topological polar surface area (TPSA) is 63.2 Å². The molecule has 0 amide bonds. The maximum Gasteiger partial charge on any atom is 0.227 e. The third-order valence-electron chi connectivity index (χ3n) is 5.11. The minimum absolute atomic E-state index is 0.517. The van der Waals surface area contributed by atoms with Crippen LogP contribution in [-0.4, -0.2) is 41.3 Å². The van der Waals surface area contributed by atoms with Crippen molar-refractivity contribution in [3.8, 4) is 11.1 Å². The van der Waals surface area contributed by atoms with Crippen LogP contribution < -0.4 is 10.2 Å². The minimum Gasteiger partial charge on any atom is -0.378 e. The van der Waals surface area contributed by atoms with Crippen molar-refractivity contribution < 1.29 is 4.74 Å². The smallest absolute Gasteiger partial charge is 0.227 e. The summed E-state index contributed by atoms with van der Waals surface area (Å²) in [6.45, 7) is 3.19. The number of aromatic nitrogens is 3. The lowest BCUT2D eigenvalue weighted by Crippen LogP contribution is -2.36. The first-order valence-corrected chi connectivity index (χ1v) is 10.2. The number of ether oxygens (including phenoxy) is 1. The number of nitrogens with one attached hydrogen (secondary N) is 1. The molecule has 4 aromatic rings. The number of fused-ring (bicyclic) bond motifs is 1. The Kier molecular flexibility index (Phi) is 5.17. The second kappa shape index (κ2) is 8.26. The lowest BCUT2D eigenvalue weighted by atomic mass is 10.0. The predicted molar refractivity (Wildman–Crippen MR) is 121 cm³/mol. The summed E-state index contributed by atoms with van der Waals surface area (Å²) in [7, 11) is 0. The molecule has 5 rings (SSSR count). The molecule has 150 valence electrons. The number of anilines is 3. The van der Waals surface area contributed by atoms with Crippen LogP contribution in [0.2, 0.25) is 5.02 Å². The van der Waals surface area contributed by atoms with Crippen molar-refractivity contribution >= 4 is 40.0 Å². The van der Waals surface area contributed by atoms with E-state index in [-0.39, 0.29) is 0 Å². The zero-order chi connectivity index (χ0) is 20.3. The molecule has 0 saturated carbocycles. The van der Waals surface area contributed by atoms with E-state index < -0.39 is 0 Å². The Balaban J connectivity index is 1.44. The van der Waals surface area contributed by atoms with Crippen LogP contribution in [0.3, 0.4) is 0 Å². The average molecular weight is 418 g/mol. The molecule has 0 atom stereocenters. The zero-order valence-corrected chi connectivity index (χ0v) is 17.0. The molecule has 30 heavy (non-hydrogen) atoms. The summed E-state index contributed by atoms with van der Waals surface area (Å²) in [5.41, 5.74) is 3.61. The van der Waals surface area contributed by atoms with Crippen molar-refractivity contribution in [2.24, 2.45) is 0 Å². The fourth-order valence-corrected chi connectivity index (χ4v) is 3.82. The molecule has 1 N–H and O–H groups in total. The van der Waals surface area contributed by atoms with Gasteiger partial charge in [0.2, 0.25) is 5.95 Å². The van der Waals surface area contributed by atoms with Gasteiger partial charge in [0.25, 0.3) is 0 Å². The zero-order valence-electron chi connectivity index (χ0n) is 16.3. The molecule has 0 spiro atoms. The van der Waals surface area contributed by atoms with E-state index in [4.69, 9.17) is 21.3 Å². The van der Waals surface area contributed by atoms with Gasteiger partial charge in [-0.25, -0.2) is 15.0 Å². The Hall–Kier alpha value is -3.22. The summed E-state index contributed by atoms with van der Waals surface area (Å²) in [5, 5.41) is 4.91. The van der Waals surface area contributed by atoms with Crippen molar-refractivity contribution in [2.45, 2.75) is 0 Å². The van der Waals surface area contributed by atoms with E-state index in [2.05, 4.69) is 20.2 Å². The first kappa shape index (κ1) is 18.8. The molecule has 3 heterocycles. The maximum atomic E-state index is 6.43. The van der Waals surface area contributed by atoms with Crippen LogP contribution in [0.1, 0.15) is 0 Å². The van der Waals surface area contributed by atoms with Gasteiger partial charge in [-0.15, -0.1) is 0 Å². The molecule has 1 saturated heterocycles. The third-order valence-corrected chi connectivity index (χ3v) is 5.44. The van der Waals surface area contributed by atoms with E-state index in [9.17, 15) is 0 Å². The van der Waals surface area contributed by atoms with E-state index in [1.54, 1.807) is 6.20 Å². The molecule has 1 aliphatic rings. The number of morpholine rings is 1. The Morgan fingerprint density at radius 3 is 2.50 bits per heavy atom. The van der Waals surface area contributed by atoms with Gasteiger partial charge in [0.05, 0.1) is 30.6 Å². The standard InChI is InChI=1S/C23H20ClN5O/c24-20-7-2-1-5-18(20)19-6-3-4-16-14-26-23(28-22(16)19)27-17-8-9-21(25-15-17)29-10-12-30-13-11-29/h1-9,14-15H,10-13H2,(H,26,27,28). The minimum atomic E-state index is 0.517. The van der Waals surface area contributed by atoms with Crippen molar-refractivity contribution in [3.63, 3.8) is 0 Å². The number of para-hydroxylation sites is 1. The first-order chi connectivity index (χ1) is 14.8. The van der Waals surface area contributed by atoms with Crippen molar-refractivity contribution in [3.05, 3.63) is 72.0 Å². The fourth-order valence-electron chi connectivity index (χ4n) is 3.58. The van der Waals surface area contributed by atoms with E-state index in [1.165, 1.54) is 0 Å². The number of benzene rings is 2. The number of rotatable bonds is 4. The normalized spacial score (nSPS) is 14.1. The number of halogens is 1. The van der Waals surface area contributed by atoms with Crippen molar-refractivity contribution in [1.82, 2.24) is 15.0 Å². The SMILES string of the molecule is Clc1ccccc1-c1cccc2cnc(Nc3ccc(N4CCOCC4)nc3)nc12. The Labute approximate surface area is 179 Å². The average Bonchev–Trinajstić information content (AvgIpc) is 2.80.